The van der Waals surface area contributed by atoms with Crippen LogP contribution in [0.1, 0.15) is 46.0 Å². The molecule has 1 aliphatic heterocycles. The first-order valence-electron chi connectivity index (χ1n) is 11.2. The largest absolute Gasteiger partial charge is 0.392 e. The van der Waals surface area contributed by atoms with Crippen LogP contribution in [0, 0.1) is 40.4 Å². The Hall–Kier alpha value is -0.200. The smallest absolute Gasteiger partial charge is 0.0771 e. The molecule has 1 heterocycles. The number of rotatable bonds is 2. The van der Waals surface area contributed by atoms with Crippen molar-refractivity contribution >= 4 is 0 Å². The number of hydrogen-bond donors (Lipinski definition) is 3. The van der Waals surface area contributed by atoms with Crippen molar-refractivity contribution in [1.82, 2.24) is 4.90 Å². The molecule has 0 aromatic rings. The van der Waals surface area contributed by atoms with Crippen LogP contribution in [-0.4, -0.2) is 70.4 Å². The number of nitrogens with zero attached hydrogens (tertiary/aromatic N) is 1. The second-order valence-corrected chi connectivity index (χ2v) is 11.1. The highest BCUT2D eigenvalue weighted by molar-refractivity contribution is 5.32. The Morgan fingerprint density at radius 3 is 2.67 bits per heavy atom. The van der Waals surface area contributed by atoms with E-state index in [2.05, 4.69) is 18.7 Å². The molecule has 3 N–H and O–H groups in total. The quantitative estimate of drug-likeness (QED) is 0.676. The van der Waals surface area contributed by atoms with E-state index in [4.69, 9.17) is 4.74 Å². The van der Waals surface area contributed by atoms with Crippen LogP contribution in [0.3, 0.4) is 0 Å². The first-order valence-corrected chi connectivity index (χ1v) is 11.2. The maximum atomic E-state index is 12.1. The first-order chi connectivity index (χ1) is 12.8. The van der Waals surface area contributed by atoms with Gasteiger partial charge in [-0.3, -0.25) is 4.90 Å². The number of hydrogen-bond acceptors (Lipinski definition) is 5. The summed E-state index contributed by atoms with van der Waals surface area (Å²) in [4.78, 5) is 2.60. The molecule has 0 amide bonds. The zero-order valence-corrected chi connectivity index (χ0v) is 16.8. The average Bonchev–Trinajstić information content (AvgIpc) is 3.07. The highest BCUT2D eigenvalue weighted by atomic mass is 16.5. The summed E-state index contributed by atoms with van der Waals surface area (Å²) in [5.41, 5.74) is -0.788. The summed E-state index contributed by atoms with van der Waals surface area (Å²) in [5, 5.41) is 34.9. The van der Waals surface area contributed by atoms with E-state index >= 15 is 0 Å². The van der Waals surface area contributed by atoms with E-state index < -0.39 is 11.7 Å². The summed E-state index contributed by atoms with van der Waals surface area (Å²) in [6.07, 6.45) is 3.66. The van der Waals surface area contributed by atoms with E-state index in [0.717, 1.165) is 38.8 Å². The Morgan fingerprint density at radius 1 is 1.19 bits per heavy atom. The molecule has 0 radical (unpaired) electrons. The van der Waals surface area contributed by atoms with Gasteiger partial charge < -0.3 is 20.1 Å². The molecule has 6 aliphatic rings. The molecule has 0 aromatic carbocycles. The number of ether oxygens (including phenoxy) is 1. The predicted molar refractivity (Wildman–Crippen MR) is 99.9 cm³/mol. The van der Waals surface area contributed by atoms with Gasteiger partial charge in [0.2, 0.25) is 0 Å². The molecular weight excluding hydrogens is 342 g/mol. The van der Waals surface area contributed by atoms with Crippen molar-refractivity contribution in [3.63, 3.8) is 0 Å². The first kappa shape index (κ1) is 17.6. The van der Waals surface area contributed by atoms with Gasteiger partial charge in [-0.15, -0.1) is 0 Å². The third kappa shape index (κ3) is 1.66. The normalized spacial score (nSPS) is 66.2. The highest BCUT2D eigenvalue weighted by Crippen LogP contribution is 2.78. The maximum absolute atomic E-state index is 12.1. The molecule has 4 unspecified atom stereocenters. The van der Waals surface area contributed by atoms with Crippen LogP contribution in [0.25, 0.3) is 0 Å². The van der Waals surface area contributed by atoms with Crippen LogP contribution in [0.4, 0.5) is 0 Å². The van der Waals surface area contributed by atoms with Crippen LogP contribution in [0.5, 0.6) is 0 Å². The molecule has 7 bridgehead atoms. The number of likely N-dealkylation sites (tertiary alicyclic amines) is 1. The Kier molecular flexibility index (Phi) is 3.33. The number of methoxy groups -OCH3 is 1. The van der Waals surface area contributed by atoms with Crippen molar-refractivity contribution < 1.29 is 20.1 Å². The molecule has 6 rings (SSSR count). The Bertz CT molecular complexity index is 673. The van der Waals surface area contributed by atoms with Crippen LogP contribution in [-0.2, 0) is 4.74 Å². The number of piperidine rings is 1. The van der Waals surface area contributed by atoms with E-state index in [1.54, 1.807) is 7.11 Å². The molecule has 1 spiro atoms. The number of aliphatic hydroxyl groups is 3. The second kappa shape index (κ2) is 5.10. The third-order valence-electron chi connectivity index (χ3n) is 10.7. The van der Waals surface area contributed by atoms with Gasteiger partial charge in [0, 0.05) is 49.3 Å². The molecule has 27 heavy (non-hydrogen) atoms. The van der Waals surface area contributed by atoms with Crippen molar-refractivity contribution in [2.45, 2.75) is 75.9 Å². The van der Waals surface area contributed by atoms with E-state index in [1.165, 1.54) is 0 Å². The summed E-state index contributed by atoms with van der Waals surface area (Å²) in [7, 11) is 1.73. The fourth-order valence-electron chi connectivity index (χ4n) is 10.1. The number of fused-ring (bicyclic) bond motifs is 2. The summed E-state index contributed by atoms with van der Waals surface area (Å²) < 4.78 is 5.79. The van der Waals surface area contributed by atoms with Gasteiger partial charge in [0.1, 0.15) is 0 Å². The molecule has 1 saturated heterocycles. The zero-order valence-electron chi connectivity index (χ0n) is 16.8. The van der Waals surface area contributed by atoms with Gasteiger partial charge >= 0.3 is 0 Å². The SMILES string of the molecule is CCN1C[C@]2(C)CC[C@H](O)[C@@]34C5C[C@@H]6[C@@H](OC)C[C@@](O)(C5[C@H]6O)[C@@H](CC23)C14. The average molecular weight is 378 g/mol. The lowest BCUT2D eigenvalue weighted by atomic mass is 9.43. The van der Waals surface area contributed by atoms with E-state index in [0.29, 0.717) is 12.3 Å². The monoisotopic (exact) mass is 377 g/mol. The summed E-state index contributed by atoms with van der Waals surface area (Å²) in [6, 6.07) is 0.253. The minimum Gasteiger partial charge on any atom is -0.392 e. The van der Waals surface area contributed by atoms with Crippen LogP contribution >= 0.6 is 0 Å². The Morgan fingerprint density at radius 2 is 1.96 bits per heavy atom. The van der Waals surface area contributed by atoms with Crippen molar-refractivity contribution in [3.8, 4) is 0 Å². The second-order valence-electron chi connectivity index (χ2n) is 11.1. The topological polar surface area (TPSA) is 73.2 Å². The highest BCUT2D eigenvalue weighted by Gasteiger charge is 2.82. The van der Waals surface area contributed by atoms with E-state index in [9.17, 15) is 15.3 Å². The lowest BCUT2D eigenvalue weighted by molar-refractivity contribution is -0.266. The van der Waals surface area contributed by atoms with Gasteiger partial charge in [0.05, 0.1) is 23.9 Å². The van der Waals surface area contributed by atoms with Crippen LogP contribution in [0.2, 0.25) is 0 Å². The summed E-state index contributed by atoms with van der Waals surface area (Å²) in [6.45, 7) is 6.74. The molecule has 0 aromatic heterocycles. The summed E-state index contributed by atoms with van der Waals surface area (Å²) >= 11 is 0. The van der Waals surface area contributed by atoms with Gasteiger partial charge in [-0.05, 0) is 49.5 Å². The lowest BCUT2D eigenvalue weighted by Gasteiger charge is -2.68. The Labute approximate surface area is 162 Å². The van der Waals surface area contributed by atoms with Gasteiger partial charge in [0.15, 0.2) is 0 Å². The zero-order chi connectivity index (χ0) is 18.9. The number of aliphatic hydroxyl groups excluding tert-OH is 2. The van der Waals surface area contributed by atoms with Crippen LogP contribution < -0.4 is 0 Å². The fourth-order valence-corrected chi connectivity index (χ4v) is 10.1. The molecular formula is C22H35NO4. The molecule has 152 valence electrons. The molecule has 5 heteroatoms. The third-order valence-corrected chi connectivity index (χ3v) is 10.7. The lowest BCUT2D eigenvalue weighted by Crippen LogP contribution is -2.75. The van der Waals surface area contributed by atoms with E-state index in [1.807, 2.05) is 0 Å². The molecule has 5 nitrogen and oxygen atoms in total. The minimum absolute atomic E-state index is 0.0657. The molecule has 12 atom stereocenters. The van der Waals surface area contributed by atoms with Crippen LogP contribution in [0.15, 0.2) is 0 Å². The predicted octanol–water partition coefficient (Wildman–Crippen LogP) is 1.25. The maximum Gasteiger partial charge on any atom is 0.0771 e. The van der Waals surface area contributed by atoms with Gasteiger partial charge in [0.25, 0.3) is 0 Å². The minimum atomic E-state index is -0.858. The van der Waals surface area contributed by atoms with Gasteiger partial charge in [-0.25, -0.2) is 0 Å². The van der Waals surface area contributed by atoms with Crippen molar-refractivity contribution in [2.24, 2.45) is 40.4 Å². The molecule has 5 saturated carbocycles. The van der Waals surface area contributed by atoms with Crippen molar-refractivity contribution in [2.75, 3.05) is 20.2 Å². The molecule has 5 aliphatic carbocycles. The Balaban J connectivity index is 1.59. The standard InChI is InChI=1S/C22H35NO4/c1-4-23-10-20(2)6-5-16(24)22-12-7-11-14(27-3)9-21(26,17(12)18(11)25)13(19(22)23)8-15(20)22/h11-19,24-26H,4-10H2,1-3H3/t11-,12?,13+,14+,15?,16+,17?,18+,19?,20+,21+,22-/m1/s1. The van der Waals surface area contributed by atoms with Crippen molar-refractivity contribution in [1.29, 1.82) is 0 Å². The summed E-state index contributed by atoms with van der Waals surface area (Å²) in [5.74, 6) is 0.840. The van der Waals surface area contributed by atoms with Crippen molar-refractivity contribution in [3.05, 3.63) is 0 Å². The van der Waals surface area contributed by atoms with E-state index in [-0.39, 0.29) is 52.8 Å². The fraction of sp³-hybridized carbons (Fsp3) is 1.00. The van der Waals surface area contributed by atoms with Gasteiger partial charge in [-0.1, -0.05) is 13.8 Å². The van der Waals surface area contributed by atoms with Gasteiger partial charge in [-0.2, -0.15) is 0 Å². The molecule has 6 fully saturated rings.